The van der Waals surface area contributed by atoms with Crippen LogP contribution in [0.1, 0.15) is 24.8 Å². The molecule has 1 heterocycles. The van der Waals surface area contributed by atoms with Crippen LogP contribution in [-0.2, 0) is 6.18 Å². The molecule has 4 nitrogen and oxygen atoms in total. The van der Waals surface area contributed by atoms with E-state index < -0.39 is 23.4 Å². The maximum absolute atomic E-state index is 12.2. The van der Waals surface area contributed by atoms with Crippen LogP contribution in [0.5, 0.6) is 11.6 Å². The van der Waals surface area contributed by atoms with Gasteiger partial charge in [-0.25, -0.2) is 4.98 Å². The van der Waals surface area contributed by atoms with Crippen molar-refractivity contribution in [3.63, 3.8) is 0 Å². The van der Waals surface area contributed by atoms with Crippen molar-refractivity contribution in [2.24, 2.45) is 5.73 Å². The van der Waals surface area contributed by atoms with Crippen molar-refractivity contribution in [2.75, 3.05) is 7.11 Å². The Labute approximate surface area is 103 Å². The summed E-state index contributed by atoms with van der Waals surface area (Å²) in [4.78, 5) is 3.27. The Morgan fingerprint density at radius 3 is 2.33 bits per heavy atom. The number of methoxy groups -OCH3 is 1. The van der Waals surface area contributed by atoms with Gasteiger partial charge in [-0.05, 0) is 18.9 Å². The van der Waals surface area contributed by atoms with E-state index in [0.29, 0.717) is 12.1 Å². The van der Waals surface area contributed by atoms with Gasteiger partial charge < -0.3 is 15.6 Å². The van der Waals surface area contributed by atoms with Crippen molar-refractivity contribution >= 4 is 0 Å². The molecule has 1 aliphatic rings. The highest BCUT2D eigenvalue weighted by Crippen LogP contribution is 2.36. The molecule has 0 saturated heterocycles. The summed E-state index contributed by atoms with van der Waals surface area (Å²) in [5.41, 5.74) is 4.29. The van der Waals surface area contributed by atoms with Gasteiger partial charge in [-0.2, -0.15) is 13.2 Å². The molecule has 0 radical (unpaired) electrons. The molecule has 1 aliphatic carbocycles. The fraction of sp³-hybridized carbons (Fsp3) is 0.545. The van der Waals surface area contributed by atoms with E-state index in [2.05, 4.69) is 9.72 Å². The summed E-state index contributed by atoms with van der Waals surface area (Å²) in [6, 6.07) is 1.13. The third-order valence-electron chi connectivity index (χ3n) is 2.49. The number of hydrogen-bond acceptors (Lipinski definition) is 4. The van der Waals surface area contributed by atoms with Gasteiger partial charge >= 0.3 is 6.18 Å². The molecular formula is C11H15F3N2O2. The van der Waals surface area contributed by atoms with E-state index in [-0.39, 0.29) is 0 Å². The van der Waals surface area contributed by atoms with E-state index in [1.165, 1.54) is 19.3 Å². The summed E-state index contributed by atoms with van der Waals surface area (Å²) < 4.78 is 40.9. The average molecular weight is 264 g/mol. The maximum atomic E-state index is 12.2. The predicted molar refractivity (Wildman–Crippen MR) is 59.3 cm³/mol. The Morgan fingerprint density at radius 2 is 2.00 bits per heavy atom. The summed E-state index contributed by atoms with van der Waals surface area (Å²) in [6.45, 7) is 0. The third kappa shape index (κ3) is 4.06. The third-order valence-corrected chi connectivity index (χ3v) is 2.49. The van der Waals surface area contributed by atoms with Crippen LogP contribution >= 0.6 is 0 Å². The molecule has 0 atom stereocenters. The fourth-order valence-electron chi connectivity index (χ4n) is 1.25. The van der Waals surface area contributed by atoms with Crippen molar-refractivity contribution in [3.05, 3.63) is 17.8 Å². The summed E-state index contributed by atoms with van der Waals surface area (Å²) in [7, 11) is 1.08. The predicted octanol–water partition coefficient (Wildman–Crippen LogP) is 2.31. The lowest BCUT2D eigenvalue weighted by molar-refractivity contribution is -0.139. The standard InChI is InChI=1S/C7H6F3NO2.C4H9N/c1-13-6-5(7(8,9)10)2-4(12)3-11-6;5-4-2-1-3-4/h2-3,12H,1H3;4H,1-3,5H2. The molecular weight excluding hydrogens is 249 g/mol. The molecule has 102 valence electrons. The van der Waals surface area contributed by atoms with Crippen LogP contribution in [0.2, 0.25) is 0 Å². The van der Waals surface area contributed by atoms with Gasteiger partial charge in [-0.3, -0.25) is 0 Å². The summed E-state index contributed by atoms with van der Waals surface area (Å²) in [5.74, 6) is -1.10. The molecule has 3 N–H and O–H groups in total. The summed E-state index contributed by atoms with van der Waals surface area (Å²) in [6.07, 6.45) is 0.201. The molecule has 1 fully saturated rings. The highest BCUT2D eigenvalue weighted by molar-refractivity contribution is 5.34. The van der Waals surface area contributed by atoms with E-state index in [1.54, 1.807) is 0 Å². The van der Waals surface area contributed by atoms with Crippen LogP contribution in [0, 0.1) is 0 Å². The number of halogens is 3. The van der Waals surface area contributed by atoms with Crippen LogP contribution in [0.4, 0.5) is 13.2 Å². The second-order valence-electron chi connectivity index (χ2n) is 3.94. The summed E-state index contributed by atoms with van der Waals surface area (Å²) in [5, 5.41) is 8.78. The van der Waals surface area contributed by atoms with Gasteiger partial charge in [-0.1, -0.05) is 6.42 Å². The van der Waals surface area contributed by atoms with Crippen LogP contribution in [0.25, 0.3) is 0 Å². The molecule has 0 bridgehead atoms. The molecule has 1 aromatic rings. The number of pyridine rings is 1. The first kappa shape index (κ1) is 14.6. The number of rotatable bonds is 1. The zero-order valence-electron chi connectivity index (χ0n) is 9.87. The summed E-state index contributed by atoms with van der Waals surface area (Å²) >= 11 is 0. The lowest BCUT2D eigenvalue weighted by Gasteiger charge is -2.18. The molecule has 0 amide bonds. The minimum Gasteiger partial charge on any atom is -0.506 e. The maximum Gasteiger partial charge on any atom is 0.421 e. The molecule has 1 aromatic heterocycles. The average Bonchev–Trinajstić information content (AvgIpc) is 2.26. The molecule has 1 saturated carbocycles. The molecule has 0 aliphatic heterocycles. The minimum absolute atomic E-state index is 0.548. The minimum atomic E-state index is -4.57. The van der Waals surface area contributed by atoms with Crippen LogP contribution in [0.3, 0.4) is 0 Å². The van der Waals surface area contributed by atoms with Crippen LogP contribution < -0.4 is 10.5 Å². The smallest absolute Gasteiger partial charge is 0.421 e. The zero-order chi connectivity index (χ0) is 13.8. The van der Waals surface area contributed by atoms with Crippen LogP contribution in [0.15, 0.2) is 12.3 Å². The molecule has 0 unspecified atom stereocenters. The number of aromatic nitrogens is 1. The molecule has 0 aromatic carbocycles. The Kier molecular flexibility index (Phi) is 4.77. The fourth-order valence-corrected chi connectivity index (χ4v) is 1.25. The largest absolute Gasteiger partial charge is 0.506 e. The van der Waals surface area contributed by atoms with Crippen molar-refractivity contribution in [2.45, 2.75) is 31.5 Å². The molecule has 2 rings (SSSR count). The number of nitrogens with two attached hydrogens (primary N) is 1. The van der Waals surface area contributed by atoms with Gasteiger partial charge in [0, 0.05) is 6.04 Å². The first-order chi connectivity index (χ1) is 8.34. The lowest BCUT2D eigenvalue weighted by Crippen LogP contribution is -2.27. The molecule has 0 spiro atoms. The second-order valence-corrected chi connectivity index (χ2v) is 3.94. The number of aromatic hydroxyl groups is 1. The van der Waals surface area contributed by atoms with Gasteiger partial charge in [-0.15, -0.1) is 0 Å². The first-order valence-electron chi connectivity index (χ1n) is 5.40. The second kappa shape index (κ2) is 5.90. The van der Waals surface area contributed by atoms with Gasteiger partial charge in [0.05, 0.1) is 13.3 Å². The van der Waals surface area contributed by atoms with Crippen LogP contribution in [-0.4, -0.2) is 23.2 Å². The number of alkyl halides is 3. The van der Waals surface area contributed by atoms with Gasteiger partial charge in [0.1, 0.15) is 11.3 Å². The van der Waals surface area contributed by atoms with Crippen molar-refractivity contribution < 1.29 is 23.0 Å². The Hall–Kier alpha value is -1.50. The number of ether oxygens (including phenoxy) is 1. The topological polar surface area (TPSA) is 68.4 Å². The molecule has 7 heteroatoms. The van der Waals surface area contributed by atoms with E-state index >= 15 is 0 Å². The van der Waals surface area contributed by atoms with E-state index in [0.717, 1.165) is 13.3 Å². The van der Waals surface area contributed by atoms with E-state index in [4.69, 9.17) is 10.8 Å². The lowest BCUT2D eigenvalue weighted by atomic mass is 9.95. The normalized spacial score (nSPS) is 15.4. The SMILES string of the molecule is COc1ncc(O)cc1C(F)(F)F.NC1CCC1. The van der Waals surface area contributed by atoms with E-state index in [9.17, 15) is 13.2 Å². The van der Waals surface area contributed by atoms with Crippen molar-refractivity contribution in [1.29, 1.82) is 0 Å². The van der Waals surface area contributed by atoms with Gasteiger partial charge in [0.2, 0.25) is 5.88 Å². The Bertz CT molecular complexity index is 392. The monoisotopic (exact) mass is 264 g/mol. The number of hydrogen-bond donors (Lipinski definition) is 2. The Morgan fingerprint density at radius 1 is 1.44 bits per heavy atom. The molecule has 18 heavy (non-hydrogen) atoms. The quantitative estimate of drug-likeness (QED) is 0.816. The Balaban J connectivity index is 0.000000269. The highest BCUT2D eigenvalue weighted by Gasteiger charge is 2.35. The first-order valence-corrected chi connectivity index (χ1v) is 5.40. The van der Waals surface area contributed by atoms with Gasteiger partial charge in [0.15, 0.2) is 0 Å². The number of nitrogens with zero attached hydrogens (tertiary/aromatic N) is 1. The highest BCUT2D eigenvalue weighted by atomic mass is 19.4. The van der Waals surface area contributed by atoms with E-state index in [1.807, 2.05) is 0 Å². The van der Waals surface area contributed by atoms with Crippen molar-refractivity contribution in [3.8, 4) is 11.6 Å². The zero-order valence-corrected chi connectivity index (χ0v) is 9.87. The van der Waals surface area contributed by atoms with Gasteiger partial charge in [0.25, 0.3) is 0 Å². The van der Waals surface area contributed by atoms with Crippen molar-refractivity contribution in [1.82, 2.24) is 4.98 Å².